The summed E-state index contributed by atoms with van der Waals surface area (Å²) in [5.41, 5.74) is -1.55. The number of rotatable bonds is 1. The van der Waals surface area contributed by atoms with Gasteiger partial charge in [-0.3, -0.25) is 4.79 Å². The molecule has 0 atom stereocenters. The normalized spacial score (nSPS) is 12.6. The lowest BCUT2D eigenvalue weighted by atomic mass is 10.1. The van der Waals surface area contributed by atoms with Gasteiger partial charge in [0.2, 0.25) is 0 Å². The lowest BCUT2D eigenvalue weighted by Crippen LogP contribution is -2.25. The van der Waals surface area contributed by atoms with E-state index in [2.05, 4.69) is 4.42 Å². The van der Waals surface area contributed by atoms with Crippen molar-refractivity contribution in [3.63, 3.8) is 0 Å². The van der Waals surface area contributed by atoms with Crippen molar-refractivity contribution in [2.24, 2.45) is 0 Å². The van der Waals surface area contributed by atoms with Crippen molar-refractivity contribution in [1.82, 2.24) is 0 Å². The van der Waals surface area contributed by atoms with Crippen molar-refractivity contribution < 1.29 is 35.6 Å². The highest BCUT2D eigenvalue weighted by Gasteiger charge is 2.52. The third-order valence-electron chi connectivity index (χ3n) is 1.53. The molecule has 2 nitrogen and oxygen atoms in total. The van der Waals surface area contributed by atoms with Gasteiger partial charge in [0.05, 0.1) is 0 Å². The number of Topliss-reactive ketones (excluding diaryl/α,β-unsaturated/α-hetero) is 1. The molecule has 1 heterocycles. The van der Waals surface area contributed by atoms with Crippen LogP contribution in [0.25, 0.3) is 0 Å². The first-order chi connectivity index (χ1) is 7.14. The fourth-order valence-electron chi connectivity index (χ4n) is 0.933. The second-order valence-electron chi connectivity index (χ2n) is 2.68. The zero-order chi connectivity index (χ0) is 12.6. The van der Waals surface area contributed by atoms with Gasteiger partial charge in [-0.15, -0.1) is 0 Å². The number of hydrogen-bond acceptors (Lipinski definition) is 1. The Bertz CT molecular complexity index is 406. The SMILES string of the molecule is O=C(c1ccc[o+]c1C(F)(F)F)C(F)(F)F. The van der Waals surface area contributed by atoms with Gasteiger partial charge in [0.1, 0.15) is 5.56 Å². The summed E-state index contributed by atoms with van der Waals surface area (Å²) in [7, 11) is 0. The van der Waals surface area contributed by atoms with E-state index in [9.17, 15) is 31.1 Å². The quantitative estimate of drug-likeness (QED) is 0.431. The molecule has 0 saturated carbocycles. The van der Waals surface area contributed by atoms with Gasteiger partial charge in [0.25, 0.3) is 5.78 Å². The summed E-state index contributed by atoms with van der Waals surface area (Å²) in [5.74, 6) is -4.55. The number of ketones is 1. The highest BCUT2D eigenvalue weighted by Crippen LogP contribution is 2.34. The average Bonchev–Trinajstić information content (AvgIpc) is 2.14. The smallest absolute Gasteiger partial charge is 0.284 e. The Hall–Kier alpha value is -1.60. The number of carbonyl (C=O) groups is 1. The number of carbonyl (C=O) groups excluding carboxylic acids is 1. The Morgan fingerprint density at radius 2 is 1.69 bits per heavy atom. The maximum Gasteiger partial charge on any atom is 0.510 e. The minimum absolute atomic E-state index is 0.405. The van der Waals surface area contributed by atoms with Gasteiger partial charge in [-0.1, -0.05) is 0 Å². The van der Waals surface area contributed by atoms with Gasteiger partial charge in [-0.2, -0.15) is 26.3 Å². The first-order valence-corrected chi connectivity index (χ1v) is 3.73. The van der Waals surface area contributed by atoms with Crippen LogP contribution < -0.4 is 0 Å². The minimum Gasteiger partial charge on any atom is -0.284 e. The number of halogens is 6. The van der Waals surface area contributed by atoms with Crippen LogP contribution in [0.4, 0.5) is 26.3 Å². The maximum atomic E-state index is 12.2. The highest BCUT2D eigenvalue weighted by atomic mass is 19.4. The molecular formula is C8H3F6O2+. The first kappa shape index (κ1) is 12.5. The molecule has 16 heavy (non-hydrogen) atoms. The van der Waals surface area contributed by atoms with Crippen LogP contribution in [-0.4, -0.2) is 12.0 Å². The summed E-state index contributed by atoms with van der Waals surface area (Å²) in [4.78, 5) is 10.6. The summed E-state index contributed by atoms with van der Waals surface area (Å²) in [5, 5.41) is 0. The van der Waals surface area contributed by atoms with Crippen molar-refractivity contribution in [3.8, 4) is 0 Å². The summed E-state index contributed by atoms with van der Waals surface area (Å²) in [6.07, 6.45) is -10.00. The largest absolute Gasteiger partial charge is 0.510 e. The van der Waals surface area contributed by atoms with Crippen LogP contribution in [0.2, 0.25) is 0 Å². The van der Waals surface area contributed by atoms with E-state index in [-0.39, 0.29) is 0 Å². The molecule has 1 aromatic heterocycles. The molecule has 0 fully saturated rings. The fraction of sp³-hybridized carbons (Fsp3) is 0.250. The molecule has 0 amide bonds. The Balaban J connectivity index is 3.31. The van der Waals surface area contributed by atoms with Gasteiger partial charge in [-0.25, -0.2) is 4.42 Å². The molecule has 0 bridgehead atoms. The van der Waals surface area contributed by atoms with Crippen LogP contribution in [0, 0.1) is 0 Å². The molecule has 88 valence electrons. The lowest BCUT2D eigenvalue weighted by molar-refractivity contribution is -0.154. The van der Waals surface area contributed by atoms with E-state index in [0.717, 1.165) is 6.07 Å². The van der Waals surface area contributed by atoms with Crippen molar-refractivity contribution in [3.05, 3.63) is 29.7 Å². The molecule has 0 saturated heterocycles. The second kappa shape index (κ2) is 3.76. The van der Waals surface area contributed by atoms with Crippen molar-refractivity contribution in [1.29, 1.82) is 0 Å². The number of alkyl halides is 6. The molecule has 8 heteroatoms. The Morgan fingerprint density at radius 3 is 2.12 bits per heavy atom. The molecule has 1 aromatic rings. The fourth-order valence-corrected chi connectivity index (χ4v) is 0.933. The van der Waals surface area contributed by atoms with Gasteiger partial charge in [-0.05, 0) is 6.07 Å². The molecule has 0 radical (unpaired) electrons. The highest BCUT2D eigenvalue weighted by molar-refractivity contribution is 6.01. The van der Waals surface area contributed by atoms with E-state index in [1.807, 2.05) is 0 Å². The van der Waals surface area contributed by atoms with Crippen molar-refractivity contribution in [2.75, 3.05) is 0 Å². The monoisotopic (exact) mass is 245 g/mol. The predicted octanol–water partition coefficient (Wildman–Crippen LogP) is 3.32. The van der Waals surface area contributed by atoms with E-state index < -0.39 is 29.5 Å². The Labute approximate surface area is 84.5 Å². The molecule has 0 aliphatic heterocycles. The predicted molar refractivity (Wildman–Crippen MR) is 38.5 cm³/mol. The molecule has 0 unspecified atom stereocenters. The van der Waals surface area contributed by atoms with Gasteiger partial charge in [0.15, 0.2) is 0 Å². The van der Waals surface area contributed by atoms with E-state index >= 15 is 0 Å². The standard InChI is InChI=1S/C8H3F6O2/c9-7(10,11)5(15)4-2-1-3-16-6(4)8(12,13)14/h1-3H/q+1. The van der Waals surface area contributed by atoms with Crippen LogP contribution in [-0.2, 0) is 6.18 Å². The van der Waals surface area contributed by atoms with E-state index in [1.165, 1.54) is 0 Å². The molecule has 0 aliphatic rings. The van der Waals surface area contributed by atoms with Crippen LogP contribution >= 0.6 is 0 Å². The van der Waals surface area contributed by atoms with E-state index in [1.54, 1.807) is 0 Å². The van der Waals surface area contributed by atoms with Crippen LogP contribution in [0.5, 0.6) is 0 Å². The summed E-state index contributed by atoms with van der Waals surface area (Å²) in [6, 6.07) is 1.18. The zero-order valence-corrected chi connectivity index (χ0v) is 7.32. The average molecular weight is 245 g/mol. The number of hydrogen-bond donors (Lipinski definition) is 0. The first-order valence-electron chi connectivity index (χ1n) is 3.73. The van der Waals surface area contributed by atoms with Crippen molar-refractivity contribution in [2.45, 2.75) is 12.4 Å². The third-order valence-corrected chi connectivity index (χ3v) is 1.53. The molecule has 0 N–H and O–H groups in total. The lowest BCUT2D eigenvalue weighted by Gasteiger charge is -2.05. The van der Waals surface area contributed by atoms with Gasteiger partial charge in [0, 0.05) is 6.07 Å². The van der Waals surface area contributed by atoms with Gasteiger partial charge >= 0.3 is 24.4 Å². The second-order valence-corrected chi connectivity index (χ2v) is 2.68. The Morgan fingerprint density at radius 1 is 1.12 bits per heavy atom. The summed E-state index contributed by atoms with van der Waals surface area (Å²) >= 11 is 0. The van der Waals surface area contributed by atoms with Gasteiger partial charge < -0.3 is 0 Å². The van der Waals surface area contributed by atoms with Crippen LogP contribution in [0.1, 0.15) is 16.1 Å². The minimum atomic E-state index is -5.38. The molecule has 0 aromatic carbocycles. The molecule has 1 rings (SSSR count). The summed E-state index contributed by atoms with van der Waals surface area (Å²) in [6.45, 7) is 0. The van der Waals surface area contributed by atoms with Crippen LogP contribution in [0.15, 0.2) is 22.8 Å². The van der Waals surface area contributed by atoms with E-state index in [4.69, 9.17) is 0 Å². The van der Waals surface area contributed by atoms with Crippen LogP contribution in [0.3, 0.4) is 0 Å². The zero-order valence-electron chi connectivity index (χ0n) is 7.32. The molecular weight excluding hydrogens is 242 g/mol. The molecule has 0 spiro atoms. The van der Waals surface area contributed by atoms with Crippen molar-refractivity contribution >= 4 is 5.78 Å². The Kier molecular flexibility index (Phi) is 2.93. The molecule has 0 aliphatic carbocycles. The maximum absolute atomic E-state index is 12.2. The third kappa shape index (κ3) is 2.50. The van der Waals surface area contributed by atoms with E-state index in [0.29, 0.717) is 12.3 Å². The summed E-state index contributed by atoms with van der Waals surface area (Å²) < 4.78 is 76.3. The topological polar surface area (TPSA) is 28.4 Å².